The second-order valence-corrected chi connectivity index (χ2v) is 4.94. The maximum atomic E-state index is 12.9. The Morgan fingerprint density at radius 3 is 2.80 bits per heavy atom. The fourth-order valence-corrected chi connectivity index (χ4v) is 1.63. The zero-order valence-electron chi connectivity index (χ0n) is 10.5. The normalized spacial score (nSPS) is 11.9. The third-order valence-electron chi connectivity index (χ3n) is 2.35. The third-order valence-corrected chi connectivity index (χ3v) is 2.76. The molecule has 0 aliphatic carbocycles. The van der Waals surface area contributed by atoms with Gasteiger partial charge in [0.05, 0.1) is 4.47 Å². The van der Waals surface area contributed by atoms with Gasteiger partial charge in [-0.3, -0.25) is 0 Å². The van der Waals surface area contributed by atoms with Crippen molar-refractivity contribution in [3.63, 3.8) is 0 Å². The van der Waals surface area contributed by atoms with Crippen molar-refractivity contribution in [2.75, 3.05) is 18.5 Å². The molecule has 5 nitrogen and oxygen atoms in total. The number of halogens is 2. The first-order valence-corrected chi connectivity index (χ1v) is 6.70. The Balaban J connectivity index is 1.75. The van der Waals surface area contributed by atoms with Crippen LogP contribution in [0.15, 0.2) is 41.1 Å². The summed E-state index contributed by atoms with van der Waals surface area (Å²) in [5, 5.41) is 12.6. The second-order valence-electron chi connectivity index (χ2n) is 4.03. The highest BCUT2D eigenvalue weighted by atomic mass is 79.9. The lowest BCUT2D eigenvalue weighted by atomic mass is 10.3. The highest BCUT2D eigenvalue weighted by molar-refractivity contribution is 9.10. The molecule has 0 radical (unpaired) electrons. The monoisotopic (exact) mass is 341 g/mol. The molecule has 0 fully saturated rings. The van der Waals surface area contributed by atoms with Gasteiger partial charge >= 0.3 is 0 Å². The van der Waals surface area contributed by atoms with Crippen molar-refractivity contribution in [1.29, 1.82) is 0 Å². The predicted molar refractivity (Wildman–Crippen MR) is 76.1 cm³/mol. The van der Waals surface area contributed by atoms with Gasteiger partial charge in [0.25, 0.3) is 0 Å². The van der Waals surface area contributed by atoms with Crippen molar-refractivity contribution < 1.29 is 14.2 Å². The molecule has 0 aliphatic rings. The van der Waals surface area contributed by atoms with E-state index in [4.69, 9.17) is 4.74 Å². The molecular formula is C13H13BrFN3O2. The summed E-state index contributed by atoms with van der Waals surface area (Å²) >= 11 is 3.23. The standard InChI is InChI=1S/C13H13BrFN3O2/c14-9-5-16-13(17-6-9)18-7-11(19)8-20-12-3-1-2-10(15)4-12/h1-6,11,19H,7-8H2,(H,16,17,18)/t11-/m0/s1. The van der Waals surface area contributed by atoms with Gasteiger partial charge in [-0.25, -0.2) is 14.4 Å². The molecule has 1 aromatic carbocycles. The van der Waals surface area contributed by atoms with Crippen molar-refractivity contribution in [3.05, 3.63) is 46.9 Å². The maximum absolute atomic E-state index is 12.9. The van der Waals surface area contributed by atoms with Crippen LogP contribution in [0.25, 0.3) is 0 Å². The SMILES string of the molecule is O[C@@H](CNc1ncc(Br)cn1)COc1cccc(F)c1. The Morgan fingerprint density at radius 2 is 2.10 bits per heavy atom. The molecule has 1 atom stereocenters. The van der Waals surface area contributed by atoms with Gasteiger partial charge in [-0.15, -0.1) is 0 Å². The number of aliphatic hydroxyl groups is 1. The Hall–Kier alpha value is -1.73. The van der Waals surface area contributed by atoms with Crippen LogP contribution in [0.2, 0.25) is 0 Å². The Bertz CT molecular complexity index is 554. The molecule has 0 spiro atoms. The summed E-state index contributed by atoms with van der Waals surface area (Å²) in [4.78, 5) is 8.02. The summed E-state index contributed by atoms with van der Waals surface area (Å²) in [5.41, 5.74) is 0. The molecule has 0 aliphatic heterocycles. The summed E-state index contributed by atoms with van der Waals surface area (Å²) in [7, 11) is 0. The Morgan fingerprint density at radius 1 is 1.35 bits per heavy atom. The van der Waals surface area contributed by atoms with Gasteiger partial charge in [-0.1, -0.05) is 6.07 Å². The van der Waals surface area contributed by atoms with Crippen LogP contribution in [0.4, 0.5) is 10.3 Å². The van der Waals surface area contributed by atoms with Crippen LogP contribution >= 0.6 is 15.9 Å². The number of hydrogen-bond donors (Lipinski definition) is 2. The predicted octanol–water partition coefficient (Wildman–Crippen LogP) is 2.23. The number of ether oxygens (including phenoxy) is 1. The van der Waals surface area contributed by atoms with Gasteiger partial charge in [0.1, 0.15) is 24.3 Å². The summed E-state index contributed by atoms with van der Waals surface area (Å²) in [6, 6.07) is 5.76. The van der Waals surface area contributed by atoms with E-state index >= 15 is 0 Å². The quantitative estimate of drug-likeness (QED) is 0.843. The molecule has 1 heterocycles. The lowest BCUT2D eigenvalue weighted by Gasteiger charge is -2.13. The first-order valence-electron chi connectivity index (χ1n) is 5.91. The third kappa shape index (κ3) is 4.75. The molecule has 1 aromatic heterocycles. The van der Waals surface area contributed by atoms with Crippen molar-refractivity contribution in [1.82, 2.24) is 9.97 Å². The molecule has 0 saturated heterocycles. The highest BCUT2D eigenvalue weighted by Crippen LogP contribution is 2.12. The number of nitrogens with one attached hydrogen (secondary N) is 1. The van der Waals surface area contributed by atoms with Crippen LogP contribution in [-0.2, 0) is 0 Å². The summed E-state index contributed by atoms with van der Waals surface area (Å²) in [6.45, 7) is 0.282. The van der Waals surface area contributed by atoms with Gasteiger partial charge in [-0.05, 0) is 28.1 Å². The number of aliphatic hydroxyl groups excluding tert-OH is 1. The Kier molecular flexibility index (Phi) is 5.25. The molecule has 0 amide bonds. The smallest absolute Gasteiger partial charge is 0.222 e. The van der Waals surface area contributed by atoms with Crippen LogP contribution in [-0.4, -0.2) is 34.3 Å². The van der Waals surface area contributed by atoms with Crippen molar-refractivity contribution in [3.8, 4) is 5.75 Å². The number of nitrogens with zero attached hydrogens (tertiary/aromatic N) is 2. The number of hydrogen-bond acceptors (Lipinski definition) is 5. The van der Waals surface area contributed by atoms with Gasteiger partial charge in [-0.2, -0.15) is 0 Å². The highest BCUT2D eigenvalue weighted by Gasteiger charge is 2.06. The maximum Gasteiger partial charge on any atom is 0.222 e. The topological polar surface area (TPSA) is 67.3 Å². The minimum atomic E-state index is -0.759. The van der Waals surface area contributed by atoms with Gasteiger partial charge in [0, 0.05) is 25.0 Å². The first kappa shape index (κ1) is 14.7. The van der Waals surface area contributed by atoms with Crippen molar-refractivity contribution in [2.24, 2.45) is 0 Å². The summed E-state index contributed by atoms with van der Waals surface area (Å²) in [5.74, 6) is 0.417. The summed E-state index contributed by atoms with van der Waals surface area (Å²) in [6.07, 6.45) is 2.45. The van der Waals surface area contributed by atoms with Crippen molar-refractivity contribution in [2.45, 2.75) is 6.10 Å². The summed E-state index contributed by atoms with van der Waals surface area (Å²) < 4.78 is 19.0. The van der Waals surface area contributed by atoms with E-state index in [1.807, 2.05) is 0 Å². The van der Waals surface area contributed by atoms with Crippen LogP contribution in [0.5, 0.6) is 5.75 Å². The molecule has 2 rings (SSSR count). The largest absolute Gasteiger partial charge is 0.491 e. The lowest BCUT2D eigenvalue weighted by Crippen LogP contribution is -2.26. The van der Waals surface area contributed by atoms with E-state index in [9.17, 15) is 9.50 Å². The van der Waals surface area contributed by atoms with E-state index in [2.05, 4.69) is 31.2 Å². The molecule has 2 N–H and O–H groups in total. The zero-order valence-corrected chi connectivity index (χ0v) is 12.0. The molecule has 0 saturated carbocycles. The van der Waals surface area contributed by atoms with Crippen molar-refractivity contribution >= 4 is 21.9 Å². The van der Waals surface area contributed by atoms with E-state index in [1.165, 1.54) is 12.1 Å². The minimum absolute atomic E-state index is 0.0486. The molecule has 106 valence electrons. The fourth-order valence-electron chi connectivity index (χ4n) is 1.42. The van der Waals surface area contributed by atoms with Crippen LogP contribution < -0.4 is 10.1 Å². The number of anilines is 1. The fraction of sp³-hybridized carbons (Fsp3) is 0.231. The van der Waals surface area contributed by atoms with Gasteiger partial charge in [0.15, 0.2) is 0 Å². The average molecular weight is 342 g/mol. The average Bonchev–Trinajstić information content (AvgIpc) is 2.45. The number of rotatable bonds is 6. The second kappa shape index (κ2) is 7.16. The van der Waals surface area contributed by atoms with E-state index in [0.717, 1.165) is 4.47 Å². The lowest BCUT2D eigenvalue weighted by molar-refractivity contribution is 0.117. The van der Waals surface area contributed by atoms with Crippen LogP contribution in [0, 0.1) is 5.82 Å². The van der Waals surface area contributed by atoms with E-state index in [1.54, 1.807) is 24.5 Å². The Labute approximate surface area is 124 Å². The first-order chi connectivity index (χ1) is 9.63. The van der Waals surface area contributed by atoms with E-state index in [-0.39, 0.29) is 19.0 Å². The zero-order chi connectivity index (χ0) is 14.4. The minimum Gasteiger partial charge on any atom is -0.491 e. The number of aromatic nitrogens is 2. The molecule has 0 unspecified atom stereocenters. The molecule has 7 heteroatoms. The van der Waals surface area contributed by atoms with Crippen LogP contribution in [0.1, 0.15) is 0 Å². The van der Waals surface area contributed by atoms with E-state index in [0.29, 0.717) is 11.7 Å². The number of benzene rings is 1. The molecule has 0 bridgehead atoms. The molecule has 20 heavy (non-hydrogen) atoms. The van der Waals surface area contributed by atoms with Gasteiger partial charge < -0.3 is 15.2 Å². The van der Waals surface area contributed by atoms with E-state index < -0.39 is 6.10 Å². The molecular weight excluding hydrogens is 329 g/mol. The van der Waals surface area contributed by atoms with Crippen LogP contribution in [0.3, 0.4) is 0 Å². The molecule has 2 aromatic rings. The van der Waals surface area contributed by atoms with Gasteiger partial charge in [0.2, 0.25) is 5.95 Å².